The third-order valence-corrected chi connectivity index (χ3v) is 3.65. The molecule has 0 saturated heterocycles. The van der Waals surface area contributed by atoms with Gasteiger partial charge in [-0.15, -0.1) is 12.4 Å². The van der Waals surface area contributed by atoms with Gasteiger partial charge in [-0.05, 0) is 32.4 Å². The van der Waals surface area contributed by atoms with E-state index >= 15 is 0 Å². The summed E-state index contributed by atoms with van der Waals surface area (Å²) in [4.78, 5) is 9.23. The van der Waals surface area contributed by atoms with E-state index in [4.69, 9.17) is 9.15 Å². The van der Waals surface area contributed by atoms with E-state index < -0.39 is 0 Å². The fourth-order valence-electron chi connectivity index (χ4n) is 2.51. The Bertz CT molecular complexity index is 801. The van der Waals surface area contributed by atoms with Gasteiger partial charge in [0.05, 0.1) is 6.10 Å². The van der Waals surface area contributed by atoms with Crippen LogP contribution in [0.5, 0.6) is 0 Å². The molecule has 3 rings (SSSR count). The fraction of sp³-hybridized carbons (Fsp3) is 0.444. The van der Waals surface area contributed by atoms with Gasteiger partial charge in [0.15, 0.2) is 11.4 Å². The van der Waals surface area contributed by atoms with E-state index in [1.807, 2.05) is 38.1 Å². The van der Waals surface area contributed by atoms with Crippen molar-refractivity contribution in [1.82, 2.24) is 9.97 Å². The van der Waals surface area contributed by atoms with E-state index in [1.54, 1.807) is 0 Å². The number of hydrogen-bond donors (Lipinski definition) is 1. The van der Waals surface area contributed by atoms with Gasteiger partial charge in [-0.25, -0.2) is 9.97 Å². The molecule has 0 saturated carbocycles. The topological polar surface area (TPSA) is 60.2 Å². The minimum atomic E-state index is 0. The minimum Gasteiger partial charge on any atom is -0.450 e. The Labute approximate surface area is 148 Å². The molecule has 24 heavy (non-hydrogen) atoms. The zero-order chi connectivity index (χ0) is 16.2. The van der Waals surface area contributed by atoms with Crippen molar-refractivity contribution in [2.24, 2.45) is 0 Å². The fourth-order valence-corrected chi connectivity index (χ4v) is 2.51. The van der Waals surface area contributed by atoms with Gasteiger partial charge in [-0.3, -0.25) is 0 Å². The molecule has 5 nitrogen and oxygen atoms in total. The number of hydrogen-bond acceptors (Lipinski definition) is 5. The Morgan fingerprint density at radius 1 is 1.21 bits per heavy atom. The van der Waals surface area contributed by atoms with Crippen molar-refractivity contribution in [2.75, 3.05) is 18.5 Å². The number of nitrogens with zero attached hydrogens (tertiary/aromatic N) is 2. The number of nitrogens with one attached hydrogen (secondary N) is 1. The van der Waals surface area contributed by atoms with Crippen LogP contribution in [0.2, 0.25) is 0 Å². The van der Waals surface area contributed by atoms with Crippen molar-refractivity contribution in [3.05, 3.63) is 30.1 Å². The van der Waals surface area contributed by atoms with Crippen molar-refractivity contribution in [3.63, 3.8) is 0 Å². The van der Waals surface area contributed by atoms with Crippen molar-refractivity contribution in [1.29, 1.82) is 0 Å². The second-order valence-corrected chi connectivity index (χ2v) is 5.82. The molecule has 1 aromatic carbocycles. The molecule has 0 aliphatic heterocycles. The molecule has 0 amide bonds. The second-order valence-electron chi connectivity index (χ2n) is 5.82. The summed E-state index contributed by atoms with van der Waals surface area (Å²) in [7, 11) is 0. The van der Waals surface area contributed by atoms with Crippen LogP contribution in [0.25, 0.3) is 22.1 Å². The van der Waals surface area contributed by atoms with E-state index in [1.165, 1.54) is 0 Å². The Balaban J connectivity index is 0.00000208. The summed E-state index contributed by atoms with van der Waals surface area (Å²) in [5, 5.41) is 4.41. The average Bonchev–Trinajstić information content (AvgIpc) is 2.93. The third kappa shape index (κ3) is 3.97. The highest BCUT2D eigenvalue weighted by Gasteiger charge is 2.14. The molecule has 0 aliphatic carbocycles. The number of para-hydroxylation sites is 1. The zero-order valence-corrected chi connectivity index (χ0v) is 15.2. The van der Waals surface area contributed by atoms with Crippen LogP contribution in [-0.2, 0) is 11.2 Å². The smallest absolute Gasteiger partial charge is 0.196 e. The molecule has 0 bridgehead atoms. The number of halogens is 1. The highest BCUT2D eigenvalue weighted by Crippen LogP contribution is 2.31. The number of aromatic nitrogens is 2. The lowest BCUT2D eigenvalue weighted by Gasteiger charge is -2.09. The van der Waals surface area contributed by atoms with Gasteiger partial charge in [0, 0.05) is 25.0 Å². The van der Waals surface area contributed by atoms with Crippen LogP contribution in [-0.4, -0.2) is 29.2 Å². The van der Waals surface area contributed by atoms with Gasteiger partial charge in [0.1, 0.15) is 16.9 Å². The first kappa shape index (κ1) is 18.5. The Kier molecular flexibility index (Phi) is 6.40. The van der Waals surface area contributed by atoms with Crippen LogP contribution < -0.4 is 5.32 Å². The molecule has 0 spiro atoms. The van der Waals surface area contributed by atoms with E-state index in [0.717, 1.165) is 59.7 Å². The summed E-state index contributed by atoms with van der Waals surface area (Å²) < 4.78 is 11.5. The second kappa shape index (κ2) is 8.31. The zero-order valence-electron chi connectivity index (χ0n) is 14.3. The molecule has 130 valence electrons. The predicted octanol–water partition coefficient (Wildman–Crippen LogP) is 4.59. The van der Waals surface area contributed by atoms with Crippen molar-refractivity contribution in [3.8, 4) is 0 Å². The van der Waals surface area contributed by atoms with Crippen molar-refractivity contribution >= 4 is 40.3 Å². The minimum absolute atomic E-state index is 0. The van der Waals surface area contributed by atoms with E-state index in [2.05, 4.69) is 22.2 Å². The van der Waals surface area contributed by atoms with Gasteiger partial charge in [0.25, 0.3) is 0 Å². The molecule has 0 radical (unpaired) electrons. The quantitative estimate of drug-likeness (QED) is 0.632. The summed E-state index contributed by atoms with van der Waals surface area (Å²) in [5.41, 5.74) is 2.46. The molecule has 0 atom stereocenters. The summed E-state index contributed by atoms with van der Waals surface area (Å²) in [6.07, 6.45) is 1.98. The standard InChI is InChI=1S/C18H23N3O2.ClH/c1-4-15-20-16-13-8-5-6-9-14(13)23-17(16)18(21-15)19-10-7-11-22-12(2)3;/h5-6,8-9,12H,4,7,10-11H2,1-3H3,(H,19,20,21);1H. The Morgan fingerprint density at radius 2 is 2.00 bits per heavy atom. The molecule has 6 heteroatoms. The van der Waals surface area contributed by atoms with Crippen LogP contribution >= 0.6 is 12.4 Å². The third-order valence-electron chi connectivity index (χ3n) is 3.65. The molecular weight excluding hydrogens is 326 g/mol. The first-order valence-electron chi connectivity index (χ1n) is 8.22. The van der Waals surface area contributed by atoms with Crippen LogP contribution in [0.15, 0.2) is 28.7 Å². The first-order chi connectivity index (χ1) is 11.2. The highest BCUT2D eigenvalue weighted by atomic mass is 35.5. The lowest BCUT2D eigenvalue weighted by Crippen LogP contribution is -2.11. The normalized spacial score (nSPS) is 11.2. The molecule has 0 aliphatic rings. The Morgan fingerprint density at radius 3 is 2.75 bits per heavy atom. The SMILES string of the molecule is CCc1nc(NCCCOC(C)C)c2oc3ccccc3c2n1.Cl. The first-order valence-corrected chi connectivity index (χ1v) is 8.22. The number of furan rings is 1. The van der Waals surface area contributed by atoms with E-state index in [9.17, 15) is 0 Å². The molecule has 2 aromatic heterocycles. The van der Waals surface area contributed by atoms with Gasteiger partial charge >= 0.3 is 0 Å². The van der Waals surface area contributed by atoms with Crippen LogP contribution in [0.4, 0.5) is 5.82 Å². The van der Waals surface area contributed by atoms with Crippen LogP contribution in [0.1, 0.15) is 33.0 Å². The number of benzene rings is 1. The van der Waals surface area contributed by atoms with E-state index in [-0.39, 0.29) is 18.5 Å². The molecule has 1 N–H and O–H groups in total. The van der Waals surface area contributed by atoms with Gasteiger partial charge < -0.3 is 14.5 Å². The summed E-state index contributed by atoms with van der Waals surface area (Å²) in [6.45, 7) is 7.68. The maximum absolute atomic E-state index is 5.96. The summed E-state index contributed by atoms with van der Waals surface area (Å²) in [5.74, 6) is 1.59. The van der Waals surface area contributed by atoms with E-state index in [0.29, 0.717) is 0 Å². The van der Waals surface area contributed by atoms with Crippen LogP contribution in [0.3, 0.4) is 0 Å². The van der Waals surface area contributed by atoms with Crippen LogP contribution in [0, 0.1) is 0 Å². The molecule has 0 fully saturated rings. The summed E-state index contributed by atoms with van der Waals surface area (Å²) in [6, 6.07) is 7.97. The molecule has 0 unspecified atom stereocenters. The molecule has 2 heterocycles. The predicted molar refractivity (Wildman–Crippen MR) is 100 cm³/mol. The van der Waals surface area contributed by atoms with Crippen molar-refractivity contribution in [2.45, 2.75) is 39.7 Å². The summed E-state index contributed by atoms with van der Waals surface area (Å²) >= 11 is 0. The lowest BCUT2D eigenvalue weighted by atomic mass is 10.2. The highest BCUT2D eigenvalue weighted by molar-refractivity contribution is 6.05. The molecular formula is C18H24ClN3O2. The number of anilines is 1. The van der Waals surface area contributed by atoms with Crippen molar-refractivity contribution < 1.29 is 9.15 Å². The van der Waals surface area contributed by atoms with Gasteiger partial charge in [0.2, 0.25) is 0 Å². The average molecular weight is 350 g/mol. The van der Waals surface area contributed by atoms with Gasteiger partial charge in [-0.1, -0.05) is 19.1 Å². The largest absolute Gasteiger partial charge is 0.450 e. The molecule has 3 aromatic rings. The number of aryl methyl sites for hydroxylation is 1. The van der Waals surface area contributed by atoms with Gasteiger partial charge in [-0.2, -0.15) is 0 Å². The maximum atomic E-state index is 5.96. The maximum Gasteiger partial charge on any atom is 0.196 e. The monoisotopic (exact) mass is 349 g/mol. The lowest BCUT2D eigenvalue weighted by molar-refractivity contribution is 0.0787. The number of fused-ring (bicyclic) bond motifs is 3. The number of ether oxygens (including phenoxy) is 1. The number of rotatable bonds is 7. The Hall–Kier alpha value is -1.85.